The minimum absolute atomic E-state index is 0.0562. The fourth-order valence-corrected chi connectivity index (χ4v) is 2.90. The maximum atomic E-state index is 12.5. The third-order valence-corrected chi connectivity index (χ3v) is 4.54. The third-order valence-electron chi connectivity index (χ3n) is 4.54. The molecule has 0 bridgehead atoms. The maximum absolute atomic E-state index is 12.5. The van der Waals surface area contributed by atoms with E-state index in [4.69, 9.17) is 9.83 Å². The molecule has 0 saturated heterocycles. The Hall–Kier alpha value is -3.56. The van der Waals surface area contributed by atoms with E-state index in [0.717, 1.165) is 23.1 Å². The number of carbonyl (C=O) groups is 1. The third kappa shape index (κ3) is 4.70. The molecule has 1 amide bonds. The van der Waals surface area contributed by atoms with Crippen molar-refractivity contribution in [3.8, 4) is 16.9 Å². The lowest BCUT2D eigenvalue weighted by molar-refractivity contribution is -0.274. The molecule has 1 aliphatic carbocycles. The minimum Gasteiger partial charge on any atom is -0.447 e. The normalized spacial score (nSPS) is 13.8. The number of halogens is 3. The molecular weight excluding hydrogens is 401 g/mol. The number of hydrogen-bond acceptors (Lipinski definition) is 5. The lowest BCUT2D eigenvalue weighted by Crippen LogP contribution is -2.35. The second kappa shape index (κ2) is 7.69. The Kier molecular flexibility index (Phi) is 5.06. The first-order valence-corrected chi connectivity index (χ1v) is 9.14. The number of hydrogen-bond donors (Lipinski definition) is 2. The largest absolute Gasteiger partial charge is 0.573 e. The van der Waals surface area contributed by atoms with Crippen LogP contribution in [0, 0.1) is 5.41 Å². The van der Waals surface area contributed by atoms with Gasteiger partial charge in [0, 0.05) is 12.1 Å². The Bertz CT molecular complexity index is 1120. The molecule has 1 saturated carbocycles. The Labute approximate surface area is 168 Å². The van der Waals surface area contributed by atoms with Crippen molar-refractivity contribution < 1.29 is 27.1 Å². The van der Waals surface area contributed by atoms with Gasteiger partial charge in [-0.15, -0.1) is 13.2 Å². The average Bonchev–Trinajstić information content (AvgIpc) is 3.44. The van der Waals surface area contributed by atoms with Crippen LogP contribution in [0.2, 0.25) is 0 Å². The van der Waals surface area contributed by atoms with Gasteiger partial charge in [0.05, 0.1) is 12.2 Å². The van der Waals surface area contributed by atoms with Crippen molar-refractivity contribution in [3.05, 3.63) is 65.9 Å². The van der Waals surface area contributed by atoms with Gasteiger partial charge in [0.25, 0.3) is 0 Å². The molecule has 0 aliphatic heterocycles. The number of rotatable bonds is 5. The van der Waals surface area contributed by atoms with Gasteiger partial charge in [-0.25, -0.2) is 9.78 Å². The number of ether oxygens (including phenoxy) is 1. The average molecular weight is 418 g/mol. The first kappa shape index (κ1) is 19.7. The molecular formula is C20H17F3N4O3. The van der Waals surface area contributed by atoms with Crippen LogP contribution >= 0.6 is 0 Å². The van der Waals surface area contributed by atoms with Crippen molar-refractivity contribution in [2.75, 3.05) is 0 Å². The summed E-state index contributed by atoms with van der Waals surface area (Å²) >= 11 is 0. The van der Waals surface area contributed by atoms with Gasteiger partial charge < -0.3 is 14.5 Å². The molecule has 4 rings (SSSR count). The lowest BCUT2D eigenvalue weighted by Gasteiger charge is -2.11. The molecule has 30 heavy (non-hydrogen) atoms. The summed E-state index contributed by atoms with van der Waals surface area (Å²) in [6, 6.07) is 7.71. The molecule has 10 heteroatoms. The first-order valence-electron chi connectivity index (χ1n) is 9.14. The lowest BCUT2D eigenvalue weighted by atomic mass is 10.1. The number of amides is 1. The number of nitrogens with zero attached hydrogens (tertiary/aromatic N) is 2. The number of aromatic nitrogens is 2. The van der Waals surface area contributed by atoms with E-state index in [2.05, 4.69) is 15.0 Å². The van der Waals surface area contributed by atoms with Crippen LogP contribution in [0.3, 0.4) is 0 Å². The summed E-state index contributed by atoms with van der Waals surface area (Å²) in [5, 5.41) is 10.6. The van der Waals surface area contributed by atoms with E-state index in [-0.39, 0.29) is 17.8 Å². The fourth-order valence-electron chi connectivity index (χ4n) is 2.90. The van der Waals surface area contributed by atoms with E-state index >= 15 is 0 Å². The molecule has 1 fully saturated rings. The van der Waals surface area contributed by atoms with Crippen LogP contribution in [-0.4, -0.2) is 21.9 Å². The topological polar surface area (TPSA) is 93.1 Å². The van der Waals surface area contributed by atoms with Gasteiger partial charge in [-0.2, -0.15) is 0 Å². The summed E-state index contributed by atoms with van der Waals surface area (Å²) in [7, 11) is 0. The zero-order valence-electron chi connectivity index (χ0n) is 15.6. The van der Waals surface area contributed by atoms with E-state index in [1.807, 2.05) is 0 Å². The Morgan fingerprint density at radius 3 is 2.57 bits per heavy atom. The van der Waals surface area contributed by atoms with Crippen LogP contribution in [0.15, 0.2) is 53.3 Å². The van der Waals surface area contributed by atoms with E-state index in [1.54, 1.807) is 12.3 Å². The summed E-state index contributed by atoms with van der Waals surface area (Å²) < 4.78 is 47.2. The van der Waals surface area contributed by atoms with Crippen LogP contribution in [0.1, 0.15) is 30.3 Å². The number of benzene rings is 1. The summed E-state index contributed by atoms with van der Waals surface area (Å²) in [5.74, 6) is 0.483. The molecule has 156 valence electrons. The van der Waals surface area contributed by atoms with Crippen molar-refractivity contribution in [3.63, 3.8) is 0 Å². The fraction of sp³-hybridized carbons (Fsp3) is 0.250. The SMILES string of the molecule is N=c1ccc(-c2ccc(OC(F)(F)F)cc2)cn1C(=O)NCc1nc(C2CC2)co1. The van der Waals surface area contributed by atoms with E-state index in [0.29, 0.717) is 22.9 Å². The summed E-state index contributed by atoms with van der Waals surface area (Å²) in [6.45, 7) is 0.0751. The molecule has 2 N–H and O–H groups in total. The van der Waals surface area contributed by atoms with Crippen molar-refractivity contribution in [1.29, 1.82) is 5.41 Å². The highest BCUT2D eigenvalue weighted by molar-refractivity contribution is 5.78. The molecule has 1 aromatic carbocycles. The van der Waals surface area contributed by atoms with E-state index < -0.39 is 12.4 Å². The summed E-state index contributed by atoms with van der Waals surface area (Å²) in [6.07, 6.45) is 0.439. The molecule has 2 heterocycles. The van der Waals surface area contributed by atoms with Crippen molar-refractivity contribution in [2.24, 2.45) is 0 Å². The van der Waals surface area contributed by atoms with E-state index in [9.17, 15) is 18.0 Å². The second-order valence-electron chi connectivity index (χ2n) is 6.84. The highest BCUT2D eigenvalue weighted by Gasteiger charge is 2.31. The zero-order chi connectivity index (χ0) is 21.3. The maximum Gasteiger partial charge on any atom is 0.573 e. The smallest absolute Gasteiger partial charge is 0.447 e. The Morgan fingerprint density at radius 1 is 1.20 bits per heavy atom. The van der Waals surface area contributed by atoms with Crippen molar-refractivity contribution in [1.82, 2.24) is 14.9 Å². The molecule has 0 spiro atoms. The van der Waals surface area contributed by atoms with Crippen LogP contribution < -0.4 is 15.5 Å². The quantitative estimate of drug-likeness (QED) is 0.651. The second-order valence-corrected chi connectivity index (χ2v) is 6.84. The van der Waals surface area contributed by atoms with Gasteiger partial charge in [0.15, 0.2) is 0 Å². The Morgan fingerprint density at radius 2 is 1.90 bits per heavy atom. The van der Waals surface area contributed by atoms with Crippen LogP contribution in [0.25, 0.3) is 11.1 Å². The van der Waals surface area contributed by atoms with Gasteiger partial charge in [0.2, 0.25) is 5.89 Å². The highest BCUT2D eigenvalue weighted by Crippen LogP contribution is 2.39. The zero-order valence-corrected chi connectivity index (χ0v) is 15.6. The number of alkyl halides is 3. The summed E-state index contributed by atoms with van der Waals surface area (Å²) in [4.78, 5) is 16.8. The van der Waals surface area contributed by atoms with Crippen LogP contribution in [-0.2, 0) is 6.54 Å². The number of nitrogens with one attached hydrogen (secondary N) is 2. The van der Waals surface area contributed by atoms with Crippen LogP contribution in [0.5, 0.6) is 5.75 Å². The molecule has 3 aromatic rings. The number of oxazole rings is 1. The molecule has 0 atom stereocenters. The molecule has 2 aromatic heterocycles. The minimum atomic E-state index is -4.77. The first-order chi connectivity index (χ1) is 14.3. The molecule has 1 aliphatic rings. The van der Waals surface area contributed by atoms with Gasteiger partial charge in [0.1, 0.15) is 17.5 Å². The van der Waals surface area contributed by atoms with Crippen molar-refractivity contribution in [2.45, 2.75) is 31.7 Å². The summed E-state index contributed by atoms with van der Waals surface area (Å²) in [5.41, 5.74) is 1.94. The van der Waals surface area contributed by atoms with E-state index in [1.165, 1.54) is 36.5 Å². The Balaban J connectivity index is 1.46. The predicted molar refractivity (Wildman–Crippen MR) is 98.5 cm³/mol. The van der Waals surface area contributed by atoms with Gasteiger partial charge in [-0.1, -0.05) is 12.1 Å². The van der Waals surface area contributed by atoms with Gasteiger partial charge in [-0.3, -0.25) is 9.98 Å². The van der Waals surface area contributed by atoms with Gasteiger partial charge in [-0.05, 0) is 48.2 Å². The molecule has 0 radical (unpaired) electrons. The van der Waals surface area contributed by atoms with Crippen molar-refractivity contribution >= 4 is 6.03 Å². The van der Waals surface area contributed by atoms with Gasteiger partial charge >= 0.3 is 12.4 Å². The predicted octanol–water partition coefficient (Wildman–Crippen LogP) is 4.16. The highest BCUT2D eigenvalue weighted by atomic mass is 19.4. The molecule has 7 nitrogen and oxygen atoms in total. The molecule has 0 unspecified atom stereocenters. The standard InChI is InChI=1S/C20H17F3N4O3/c21-20(22,23)30-15-6-3-12(4-7-15)14-5-8-17(24)27(10-14)19(28)25-9-18-26-16(11-29-18)13-1-2-13/h3-8,10-11,13,24H,1-2,9H2,(H,25,28). The monoisotopic (exact) mass is 418 g/mol. The van der Waals surface area contributed by atoms with Crippen LogP contribution in [0.4, 0.5) is 18.0 Å². The number of carbonyl (C=O) groups excluding carboxylic acids is 1. The number of pyridine rings is 1.